The largest absolute Gasteiger partial charge is 0.288 e. The van der Waals surface area contributed by atoms with Crippen molar-refractivity contribution in [3.63, 3.8) is 0 Å². The molecule has 1 heterocycles. The van der Waals surface area contributed by atoms with Gasteiger partial charge in [0.1, 0.15) is 0 Å². The van der Waals surface area contributed by atoms with Gasteiger partial charge in [0.15, 0.2) is 0 Å². The first-order valence-corrected chi connectivity index (χ1v) is 7.01. The SMILES string of the molecule is CCONC(=O)C1CCCCN1Cc1ccccc1. The van der Waals surface area contributed by atoms with Crippen molar-refractivity contribution in [2.24, 2.45) is 0 Å². The number of hydrogen-bond acceptors (Lipinski definition) is 3. The molecule has 1 N–H and O–H groups in total. The van der Waals surface area contributed by atoms with Crippen LogP contribution < -0.4 is 5.48 Å². The number of nitrogens with zero attached hydrogens (tertiary/aromatic N) is 1. The lowest BCUT2D eigenvalue weighted by atomic mass is 10.0. The van der Waals surface area contributed by atoms with Crippen LogP contribution in [0.4, 0.5) is 0 Å². The number of benzene rings is 1. The Bertz CT molecular complexity index is 394. The lowest BCUT2D eigenvalue weighted by Crippen LogP contribution is -2.49. The highest BCUT2D eigenvalue weighted by atomic mass is 16.6. The van der Waals surface area contributed by atoms with E-state index in [2.05, 4.69) is 22.5 Å². The van der Waals surface area contributed by atoms with E-state index in [1.165, 1.54) is 5.56 Å². The zero-order chi connectivity index (χ0) is 13.5. The van der Waals surface area contributed by atoms with Crippen molar-refractivity contribution in [1.29, 1.82) is 0 Å². The van der Waals surface area contributed by atoms with Crippen molar-refractivity contribution in [3.05, 3.63) is 35.9 Å². The third-order valence-electron chi connectivity index (χ3n) is 3.46. The summed E-state index contributed by atoms with van der Waals surface area (Å²) in [7, 11) is 0. The molecule has 0 aromatic heterocycles. The second-order valence-electron chi connectivity index (χ2n) is 4.87. The Morgan fingerprint density at radius 1 is 1.37 bits per heavy atom. The monoisotopic (exact) mass is 262 g/mol. The fraction of sp³-hybridized carbons (Fsp3) is 0.533. The molecule has 1 atom stereocenters. The smallest absolute Gasteiger partial charge is 0.260 e. The van der Waals surface area contributed by atoms with E-state index in [1.54, 1.807) is 0 Å². The Labute approximate surface area is 114 Å². The molecule has 104 valence electrons. The maximum Gasteiger partial charge on any atom is 0.260 e. The second kappa shape index (κ2) is 7.26. The minimum Gasteiger partial charge on any atom is -0.288 e. The number of amides is 1. The third-order valence-corrected chi connectivity index (χ3v) is 3.46. The summed E-state index contributed by atoms with van der Waals surface area (Å²) in [6.07, 6.45) is 3.17. The van der Waals surface area contributed by atoms with E-state index in [9.17, 15) is 4.79 Å². The summed E-state index contributed by atoms with van der Waals surface area (Å²) in [4.78, 5) is 19.3. The van der Waals surface area contributed by atoms with Gasteiger partial charge in [0, 0.05) is 6.54 Å². The molecule has 19 heavy (non-hydrogen) atoms. The molecule has 4 heteroatoms. The summed E-state index contributed by atoms with van der Waals surface area (Å²) in [6, 6.07) is 10.2. The van der Waals surface area contributed by atoms with Crippen molar-refractivity contribution in [1.82, 2.24) is 10.4 Å². The Morgan fingerprint density at radius 2 is 2.16 bits per heavy atom. The summed E-state index contributed by atoms with van der Waals surface area (Å²) in [5.41, 5.74) is 3.79. The van der Waals surface area contributed by atoms with Gasteiger partial charge in [-0.25, -0.2) is 5.48 Å². The molecular formula is C15H22N2O2. The highest BCUT2D eigenvalue weighted by molar-refractivity contribution is 5.80. The minimum absolute atomic E-state index is 0.0162. The van der Waals surface area contributed by atoms with Gasteiger partial charge in [-0.05, 0) is 31.9 Å². The van der Waals surface area contributed by atoms with Gasteiger partial charge in [-0.2, -0.15) is 0 Å². The molecule has 0 spiro atoms. The summed E-state index contributed by atoms with van der Waals surface area (Å²) in [5, 5.41) is 0. The highest BCUT2D eigenvalue weighted by Crippen LogP contribution is 2.19. The van der Waals surface area contributed by atoms with E-state index >= 15 is 0 Å². The van der Waals surface area contributed by atoms with E-state index in [-0.39, 0.29) is 11.9 Å². The van der Waals surface area contributed by atoms with Crippen LogP contribution in [-0.2, 0) is 16.2 Å². The van der Waals surface area contributed by atoms with Gasteiger partial charge in [-0.3, -0.25) is 14.5 Å². The summed E-state index contributed by atoms with van der Waals surface area (Å²) in [5.74, 6) is -0.0162. The van der Waals surface area contributed by atoms with Crippen LogP contribution in [0.15, 0.2) is 30.3 Å². The Hall–Kier alpha value is -1.39. The molecule has 1 amide bonds. The fourth-order valence-corrected chi connectivity index (χ4v) is 2.51. The van der Waals surface area contributed by atoms with Crippen molar-refractivity contribution < 1.29 is 9.63 Å². The van der Waals surface area contributed by atoms with E-state index < -0.39 is 0 Å². The van der Waals surface area contributed by atoms with Crippen LogP contribution in [-0.4, -0.2) is 30.0 Å². The Morgan fingerprint density at radius 3 is 2.89 bits per heavy atom. The maximum atomic E-state index is 12.1. The number of rotatable bonds is 5. The van der Waals surface area contributed by atoms with Gasteiger partial charge in [0.25, 0.3) is 5.91 Å². The van der Waals surface area contributed by atoms with E-state index in [0.717, 1.165) is 32.4 Å². The second-order valence-corrected chi connectivity index (χ2v) is 4.87. The number of carbonyl (C=O) groups is 1. The van der Waals surface area contributed by atoms with Crippen LogP contribution in [0.2, 0.25) is 0 Å². The molecule has 1 aromatic rings. The first-order chi connectivity index (χ1) is 9.31. The van der Waals surface area contributed by atoms with Gasteiger partial charge >= 0.3 is 0 Å². The molecule has 1 fully saturated rings. The first kappa shape index (κ1) is 14.0. The number of carbonyl (C=O) groups excluding carboxylic acids is 1. The first-order valence-electron chi connectivity index (χ1n) is 7.01. The van der Waals surface area contributed by atoms with Crippen LogP contribution in [0, 0.1) is 0 Å². The molecule has 1 unspecified atom stereocenters. The zero-order valence-electron chi connectivity index (χ0n) is 11.5. The maximum absolute atomic E-state index is 12.1. The summed E-state index contributed by atoms with van der Waals surface area (Å²) in [6.45, 7) is 4.16. The summed E-state index contributed by atoms with van der Waals surface area (Å²) >= 11 is 0. The predicted molar refractivity (Wildman–Crippen MR) is 74.3 cm³/mol. The van der Waals surface area contributed by atoms with Crippen molar-refractivity contribution >= 4 is 5.91 Å². The average molecular weight is 262 g/mol. The molecule has 0 bridgehead atoms. The van der Waals surface area contributed by atoms with Gasteiger partial charge < -0.3 is 0 Å². The third kappa shape index (κ3) is 4.04. The normalized spacial score (nSPS) is 20.2. The van der Waals surface area contributed by atoms with Crippen LogP contribution in [0.3, 0.4) is 0 Å². The number of nitrogens with one attached hydrogen (secondary N) is 1. The van der Waals surface area contributed by atoms with E-state index in [4.69, 9.17) is 4.84 Å². The molecular weight excluding hydrogens is 240 g/mol. The molecule has 4 nitrogen and oxygen atoms in total. The average Bonchev–Trinajstić information content (AvgIpc) is 2.46. The molecule has 1 aliphatic heterocycles. The lowest BCUT2D eigenvalue weighted by molar-refractivity contribution is -0.140. The molecule has 0 aliphatic carbocycles. The summed E-state index contributed by atoms with van der Waals surface area (Å²) < 4.78 is 0. The van der Waals surface area contributed by atoms with Crippen molar-refractivity contribution in [3.8, 4) is 0 Å². The molecule has 0 radical (unpaired) electrons. The number of hydrogen-bond donors (Lipinski definition) is 1. The van der Waals surface area contributed by atoms with Gasteiger partial charge in [0.2, 0.25) is 0 Å². The molecule has 1 saturated heterocycles. The topological polar surface area (TPSA) is 41.6 Å². The van der Waals surface area contributed by atoms with E-state index in [1.807, 2.05) is 25.1 Å². The van der Waals surface area contributed by atoms with Crippen LogP contribution in [0.1, 0.15) is 31.7 Å². The molecule has 0 saturated carbocycles. The van der Waals surface area contributed by atoms with Gasteiger partial charge in [0.05, 0.1) is 12.6 Å². The zero-order valence-corrected chi connectivity index (χ0v) is 11.5. The van der Waals surface area contributed by atoms with Crippen molar-refractivity contribution in [2.45, 2.75) is 38.8 Å². The minimum atomic E-state index is -0.0690. The quantitative estimate of drug-likeness (QED) is 0.826. The number of piperidine rings is 1. The number of likely N-dealkylation sites (tertiary alicyclic amines) is 1. The predicted octanol–water partition coefficient (Wildman–Crippen LogP) is 2.11. The molecule has 1 aromatic carbocycles. The van der Waals surface area contributed by atoms with Gasteiger partial charge in [-0.15, -0.1) is 0 Å². The highest BCUT2D eigenvalue weighted by Gasteiger charge is 2.28. The standard InChI is InChI=1S/C15H22N2O2/c1-2-19-16-15(18)14-10-6-7-11-17(14)12-13-8-4-3-5-9-13/h3-5,8-9,14H,2,6-7,10-12H2,1H3,(H,16,18). The van der Waals surface area contributed by atoms with Crippen LogP contribution in [0.5, 0.6) is 0 Å². The molecule has 2 rings (SSSR count). The van der Waals surface area contributed by atoms with E-state index in [0.29, 0.717) is 6.61 Å². The van der Waals surface area contributed by atoms with Gasteiger partial charge in [-0.1, -0.05) is 36.8 Å². The fourth-order valence-electron chi connectivity index (χ4n) is 2.51. The van der Waals surface area contributed by atoms with Crippen LogP contribution >= 0.6 is 0 Å². The lowest BCUT2D eigenvalue weighted by Gasteiger charge is -2.34. The van der Waals surface area contributed by atoms with Crippen LogP contribution in [0.25, 0.3) is 0 Å². The number of hydroxylamine groups is 1. The van der Waals surface area contributed by atoms with Crippen molar-refractivity contribution in [2.75, 3.05) is 13.2 Å². The molecule has 1 aliphatic rings. The Balaban J connectivity index is 1.97. The Kier molecular flexibility index (Phi) is 5.36.